The largest absolute Gasteiger partial charge is 0.253 e. The Balaban J connectivity index is 0.000000686. The van der Waals surface area contributed by atoms with Crippen LogP contribution in [0.15, 0.2) is 36.4 Å². The Bertz CT molecular complexity index is 495. The van der Waals surface area contributed by atoms with Crippen molar-refractivity contribution in [3.63, 3.8) is 0 Å². The van der Waals surface area contributed by atoms with Crippen molar-refractivity contribution in [2.75, 3.05) is 0 Å². The summed E-state index contributed by atoms with van der Waals surface area (Å²) in [6.45, 7) is 5.85. The highest BCUT2D eigenvalue weighted by molar-refractivity contribution is 5.59. The van der Waals surface area contributed by atoms with Gasteiger partial charge in [-0.25, -0.2) is 8.78 Å². The Morgan fingerprint density at radius 1 is 0.941 bits per heavy atom. The monoisotopic (exact) mass is 235 g/mol. The van der Waals surface area contributed by atoms with Gasteiger partial charge in [0.25, 0.3) is 0 Å². The van der Waals surface area contributed by atoms with E-state index < -0.39 is 11.6 Å². The van der Waals surface area contributed by atoms with E-state index in [1.165, 1.54) is 6.07 Å². The highest BCUT2D eigenvalue weighted by atomic mass is 19.2. The molecule has 2 rings (SSSR count). The number of aromatic nitrogens is 1. The van der Waals surface area contributed by atoms with Crippen LogP contribution < -0.4 is 0 Å². The van der Waals surface area contributed by atoms with E-state index in [1.54, 1.807) is 6.07 Å². The van der Waals surface area contributed by atoms with Crippen LogP contribution in [0, 0.1) is 18.6 Å². The van der Waals surface area contributed by atoms with Crippen LogP contribution in [-0.2, 0) is 0 Å². The molecule has 0 N–H and O–H groups in total. The fourth-order valence-corrected chi connectivity index (χ4v) is 1.36. The number of hydrogen-bond donors (Lipinski definition) is 0. The molecule has 0 unspecified atom stereocenters. The molecule has 0 saturated heterocycles. The third kappa shape index (κ3) is 3.34. The molecule has 1 aromatic carbocycles. The van der Waals surface area contributed by atoms with Crippen molar-refractivity contribution in [3.8, 4) is 11.3 Å². The second-order valence-electron chi connectivity index (χ2n) is 3.29. The summed E-state index contributed by atoms with van der Waals surface area (Å²) >= 11 is 0. The molecule has 0 aliphatic rings. The van der Waals surface area contributed by atoms with E-state index in [1.807, 2.05) is 32.9 Å². The minimum atomic E-state index is -0.851. The van der Waals surface area contributed by atoms with Crippen LogP contribution >= 0.6 is 0 Å². The lowest BCUT2D eigenvalue weighted by molar-refractivity contribution is 0.509. The maximum atomic E-state index is 13.0. The van der Waals surface area contributed by atoms with E-state index in [0.717, 1.165) is 17.8 Å². The Hall–Kier alpha value is -1.77. The predicted octanol–water partition coefficient (Wildman–Crippen LogP) is 4.36. The first kappa shape index (κ1) is 13.3. The van der Waals surface area contributed by atoms with Gasteiger partial charge in [-0.1, -0.05) is 19.9 Å². The van der Waals surface area contributed by atoms with E-state index in [-0.39, 0.29) is 0 Å². The van der Waals surface area contributed by atoms with Crippen molar-refractivity contribution < 1.29 is 8.78 Å². The van der Waals surface area contributed by atoms with Crippen LogP contribution in [0.2, 0.25) is 0 Å². The number of pyridine rings is 1. The fourth-order valence-electron chi connectivity index (χ4n) is 1.36. The minimum Gasteiger partial charge on any atom is -0.253 e. The molecular formula is C14H15F2N. The van der Waals surface area contributed by atoms with Crippen molar-refractivity contribution in [2.24, 2.45) is 0 Å². The normalized spacial score (nSPS) is 9.47. The van der Waals surface area contributed by atoms with Crippen LogP contribution in [0.1, 0.15) is 19.5 Å². The summed E-state index contributed by atoms with van der Waals surface area (Å²) in [4.78, 5) is 4.23. The topological polar surface area (TPSA) is 12.9 Å². The van der Waals surface area contributed by atoms with E-state index in [2.05, 4.69) is 4.98 Å². The highest BCUT2D eigenvalue weighted by Gasteiger charge is 2.05. The number of aryl methyl sites for hydroxylation is 1. The van der Waals surface area contributed by atoms with Crippen LogP contribution in [0.5, 0.6) is 0 Å². The summed E-state index contributed by atoms with van der Waals surface area (Å²) in [6.07, 6.45) is 0. The van der Waals surface area contributed by atoms with E-state index >= 15 is 0 Å². The highest BCUT2D eigenvalue weighted by Crippen LogP contribution is 2.19. The van der Waals surface area contributed by atoms with E-state index in [9.17, 15) is 8.78 Å². The van der Waals surface area contributed by atoms with Crippen LogP contribution in [0.3, 0.4) is 0 Å². The minimum absolute atomic E-state index is 0.581. The Morgan fingerprint density at radius 2 is 1.65 bits per heavy atom. The molecule has 17 heavy (non-hydrogen) atoms. The first-order valence-electron chi connectivity index (χ1n) is 5.56. The maximum Gasteiger partial charge on any atom is 0.159 e. The fraction of sp³-hybridized carbons (Fsp3) is 0.214. The molecule has 0 atom stereocenters. The van der Waals surface area contributed by atoms with Gasteiger partial charge in [0.1, 0.15) is 0 Å². The molecule has 2 aromatic rings. The lowest BCUT2D eigenvalue weighted by Crippen LogP contribution is -1.89. The Labute approximate surface area is 100 Å². The molecule has 1 heterocycles. The summed E-state index contributed by atoms with van der Waals surface area (Å²) in [5.74, 6) is -1.69. The second kappa shape index (κ2) is 6.09. The third-order valence-corrected chi connectivity index (χ3v) is 2.10. The van der Waals surface area contributed by atoms with Crippen LogP contribution in [0.25, 0.3) is 11.3 Å². The molecule has 3 heteroatoms. The number of halogens is 2. The summed E-state index contributed by atoms with van der Waals surface area (Å²) in [7, 11) is 0. The summed E-state index contributed by atoms with van der Waals surface area (Å²) in [6, 6.07) is 9.22. The smallest absolute Gasteiger partial charge is 0.159 e. The van der Waals surface area contributed by atoms with E-state index in [4.69, 9.17) is 0 Å². The quantitative estimate of drug-likeness (QED) is 0.715. The molecule has 0 fully saturated rings. The van der Waals surface area contributed by atoms with Gasteiger partial charge in [0, 0.05) is 11.3 Å². The molecule has 0 aliphatic heterocycles. The second-order valence-corrected chi connectivity index (χ2v) is 3.29. The van der Waals surface area contributed by atoms with Gasteiger partial charge >= 0.3 is 0 Å². The first-order chi connectivity index (χ1) is 8.16. The average molecular weight is 235 g/mol. The van der Waals surface area contributed by atoms with Gasteiger partial charge in [0.05, 0.1) is 5.69 Å². The summed E-state index contributed by atoms with van der Waals surface area (Å²) in [5.41, 5.74) is 2.07. The third-order valence-electron chi connectivity index (χ3n) is 2.10. The zero-order valence-electron chi connectivity index (χ0n) is 10.2. The molecule has 0 aliphatic carbocycles. The van der Waals surface area contributed by atoms with Crippen LogP contribution in [-0.4, -0.2) is 4.98 Å². The van der Waals surface area contributed by atoms with Crippen molar-refractivity contribution >= 4 is 0 Å². The zero-order chi connectivity index (χ0) is 12.8. The van der Waals surface area contributed by atoms with Crippen molar-refractivity contribution in [2.45, 2.75) is 20.8 Å². The van der Waals surface area contributed by atoms with Gasteiger partial charge in [-0.05, 0) is 37.3 Å². The maximum absolute atomic E-state index is 13.0. The number of rotatable bonds is 1. The van der Waals surface area contributed by atoms with Gasteiger partial charge in [-0.15, -0.1) is 0 Å². The van der Waals surface area contributed by atoms with Gasteiger partial charge in [0.15, 0.2) is 11.6 Å². The molecule has 0 radical (unpaired) electrons. The van der Waals surface area contributed by atoms with Crippen molar-refractivity contribution in [3.05, 3.63) is 53.7 Å². The van der Waals surface area contributed by atoms with Crippen molar-refractivity contribution in [1.82, 2.24) is 4.98 Å². The van der Waals surface area contributed by atoms with Gasteiger partial charge < -0.3 is 0 Å². The van der Waals surface area contributed by atoms with Crippen molar-refractivity contribution in [1.29, 1.82) is 0 Å². The number of hydrogen-bond acceptors (Lipinski definition) is 1. The Kier molecular flexibility index (Phi) is 4.76. The molecule has 0 bridgehead atoms. The summed E-state index contributed by atoms with van der Waals surface area (Å²) in [5, 5.41) is 0. The molecule has 0 amide bonds. The molecule has 90 valence electrons. The molecule has 1 aromatic heterocycles. The van der Waals surface area contributed by atoms with Gasteiger partial charge in [-0.3, -0.25) is 4.98 Å². The predicted molar refractivity (Wildman–Crippen MR) is 65.7 cm³/mol. The summed E-state index contributed by atoms with van der Waals surface area (Å²) < 4.78 is 25.7. The standard InChI is InChI=1S/C12H9F2N.C2H6/c1-8-3-2-4-12(15-8)9-5-6-10(13)11(14)7-9;1-2/h2-7H,1H3;1-2H3. The van der Waals surface area contributed by atoms with E-state index in [0.29, 0.717) is 11.3 Å². The number of benzene rings is 1. The Morgan fingerprint density at radius 3 is 2.24 bits per heavy atom. The van der Waals surface area contributed by atoms with Gasteiger partial charge in [0.2, 0.25) is 0 Å². The first-order valence-corrected chi connectivity index (χ1v) is 5.56. The lowest BCUT2D eigenvalue weighted by Gasteiger charge is -2.02. The van der Waals surface area contributed by atoms with Crippen LogP contribution in [0.4, 0.5) is 8.78 Å². The zero-order valence-corrected chi connectivity index (χ0v) is 10.2. The molecule has 1 nitrogen and oxygen atoms in total. The number of nitrogens with zero attached hydrogens (tertiary/aromatic N) is 1. The molecule has 0 saturated carbocycles. The molecular weight excluding hydrogens is 220 g/mol. The van der Waals surface area contributed by atoms with Gasteiger partial charge in [-0.2, -0.15) is 0 Å². The molecule has 0 spiro atoms. The average Bonchev–Trinajstić information content (AvgIpc) is 2.35. The lowest BCUT2D eigenvalue weighted by atomic mass is 10.1. The SMILES string of the molecule is CC.Cc1cccc(-c2ccc(F)c(F)c2)n1.